The van der Waals surface area contributed by atoms with Crippen molar-refractivity contribution in [2.75, 3.05) is 48.8 Å². The maximum absolute atomic E-state index is 13.2. The smallest absolute Gasteiger partial charge is 0.261 e. The van der Waals surface area contributed by atoms with Crippen molar-refractivity contribution in [3.63, 3.8) is 0 Å². The summed E-state index contributed by atoms with van der Waals surface area (Å²) in [5.41, 5.74) is 2.63. The summed E-state index contributed by atoms with van der Waals surface area (Å²) in [5.74, 6) is 1.58. The summed E-state index contributed by atoms with van der Waals surface area (Å²) < 4.78 is 69.1. The molecule has 13 nitrogen and oxygen atoms in total. The van der Waals surface area contributed by atoms with Crippen LogP contribution >= 0.6 is 0 Å². The van der Waals surface area contributed by atoms with Crippen molar-refractivity contribution < 1.29 is 41.6 Å². The lowest BCUT2D eigenvalue weighted by atomic mass is 10.1. The van der Waals surface area contributed by atoms with Crippen LogP contribution in [0.2, 0.25) is 0 Å². The number of phenols is 2. The number of ether oxygens (including phenoxy) is 2. The first-order valence-corrected chi connectivity index (χ1v) is 20.7. The highest BCUT2D eigenvalue weighted by Crippen LogP contribution is 2.23. The Hall–Kier alpha value is -5.32. The number of aromatic hydroxyl groups is 2. The van der Waals surface area contributed by atoms with Gasteiger partial charge in [0.2, 0.25) is 0 Å². The van der Waals surface area contributed by atoms with Gasteiger partial charge in [0.05, 0.1) is 16.4 Å². The van der Waals surface area contributed by atoms with Gasteiger partial charge in [-0.2, -0.15) is 0 Å². The highest BCUT2D eigenvalue weighted by molar-refractivity contribution is 7.93. The lowest BCUT2D eigenvalue weighted by molar-refractivity contribution is 0.106. The molecule has 0 bridgehead atoms. The highest BCUT2D eigenvalue weighted by Gasteiger charge is 2.20. The molecular formula is C40H46N4O9S2. The van der Waals surface area contributed by atoms with Gasteiger partial charge in [-0.05, 0) is 141 Å². The van der Waals surface area contributed by atoms with E-state index in [1.54, 1.807) is 72.8 Å². The second-order valence-electron chi connectivity index (χ2n) is 12.7. The zero-order valence-electron chi connectivity index (χ0n) is 30.1. The third-order valence-electron chi connectivity index (χ3n) is 8.28. The summed E-state index contributed by atoms with van der Waals surface area (Å²) in [6, 6.07) is 31.8. The number of rotatable bonds is 22. The van der Waals surface area contributed by atoms with E-state index < -0.39 is 26.2 Å². The Morgan fingerprint density at radius 2 is 1.04 bits per heavy atom. The molecule has 0 heterocycles. The largest absolute Gasteiger partial charge is 0.508 e. The minimum absolute atomic E-state index is 0.0920. The minimum Gasteiger partial charge on any atom is -0.508 e. The molecule has 55 heavy (non-hydrogen) atoms. The Morgan fingerprint density at radius 3 is 1.55 bits per heavy atom. The van der Waals surface area contributed by atoms with E-state index in [2.05, 4.69) is 20.1 Å². The maximum Gasteiger partial charge on any atom is 0.261 e. The molecule has 0 aliphatic heterocycles. The zero-order valence-corrected chi connectivity index (χ0v) is 31.7. The first-order valence-electron chi connectivity index (χ1n) is 17.7. The third-order valence-corrected chi connectivity index (χ3v) is 11.0. The topological polar surface area (TPSA) is 196 Å². The van der Waals surface area contributed by atoms with Crippen LogP contribution in [0, 0.1) is 0 Å². The molecule has 15 heteroatoms. The molecule has 0 aliphatic carbocycles. The van der Waals surface area contributed by atoms with Gasteiger partial charge in [-0.25, -0.2) is 16.8 Å². The summed E-state index contributed by atoms with van der Waals surface area (Å²) in [7, 11) is -8.19. The van der Waals surface area contributed by atoms with E-state index in [9.17, 15) is 32.2 Å². The normalized spacial score (nSPS) is 12.2. The Morgan fingerprint density at radius 1 is 0.564 bits per heavy atom. The number of sulfonamides is 2. The first-order chi connectivity index (χ1) is 26.4. The molecule has 1 unspecified atom stereocenters. The van der Waals surface area contributed by atoms with E-state index in [1.165, 1.54) is 30.3 Å². The van der Waals surface area contributed by atoms with E-state index >= 15 is 0 Å². The Labute approximate surface area is 322 Å². The number of phenolic OH excluding ortho intramolecular Hbond substituents is 2. The zero-order chi connectivity index (χ0) is 39.1. The summed E-state index contributed by atoms with van der Waals surface area (Å²) in [6.07, 6.45) is 1.45. The van der Waals surface area contributed by atoms with Gasteiger partial charge in [0.15, 0.2) is 0 Å². The summed E-state index contributed by atoms with van der Waals surface area (Å²) in [6.45, 7) is 3.01. The summed E-state index contributed by atoms with van der Waals surface area (Å²) in [5, 5.41) is 35.4. The lowest BCUT2D eigenvalue weighted by Crippen LogP contribution is -2.32. The fourth-order valence-corrected chi connectivity index (χ4v) is 7.58. The minimum atomic E-state index is -4.10. The van der Waals surface area contributed by atoms with Crippen molar-refractivity contribution in [3.8, 4) is 23.0 Å². The van der Waals surface area contributed by atoms with E-state index in [-0.39, 0.29) is 27.9 Å². The second kappa shape index (κ2) is 19.8. The SMILES string of the molecule is O=S(=O)(Nc1ccc(CCNCCCOc2ccc(O)cc2)cc1)c1cccc(S(=O)(=O)Nc2ccc(CCNCC(O)COc3ccc(O)cc3)cc2)c1. The van der Waals surface area contributed by atoms with E-state index in [1.807, 2.05) is 12.1 Å². The van der Waals surface area contributed by atoms with E-state index in [0.717, 1.165) is 43.1 Å². The van der Waals surface area contributed by atoms with Crippen LogP contribution < -0.4 is 29.6 Å². The lowest BCUT2D eigenvalue weighted by Gasteiger charge is -2.14. The Bertz CT molecular complexity index is 2150. The summed E-state index contributed by atoms with van der Waals surface area (Å²) >= 11 is 0. The summed E-state index contributed by atoms with van der Waals surface area (Å²) in [4.78, 5) is -0.399. The van der Waals surface area contributed by atoms with Crippen molar-refractivity contribution in [2.45, 2.75) is 35.2 Å². The fourth-order valence-electron chi connectivity index (χ4n) is 5.30. The van der Waals surface area contributed by atoms with Gasteiger partial charge >= 0.3 is 0 Å². The number of benzene rings is 5. The average Bonchev–Trinajstić information content (AvgIpc) is 3.18. The van der Waals surface area contributed by atoms with Gasteiger partial charge in [-0.1, -0.05) is 30.3 Å². The molecule has 5 rings (SSSR count). The Balaban J connectivity index is 1.02. The van der Waals surface area contributed by atoms with Gasteiger partial charge in [-0.15, -0.1) is 0 Å². The molecule has 5 aromatic rings. The molecule has 0 spiro atoms. The molecule has 0 radical (unpaired) electrons. The molecule has 0 fully saturated rings. The van der Waals surface area contributed by atoms with Crippen LogP contribution in [0.1, 0.15) is 17.5 Å². The molecule has 0 saturated carbocycles. The second-order valence-corrected chi connectivity index (χ2v) is 16.1. The van der Waals surface area contributed by atoms with Crippen molar-refractivity contribution in [1.82, 2.24) is 10.6 Å². The molecule has 0 aromatic heterocycles. The molecule has 7 N–H and O–H groups in total. The van der Waals surface area contributed by atoms with Crippen LogP contribution in [-0.2, 0) is 32.9 Å². The van der Waals surface area contributed by atoms with Crippen molar-refractivity contribution in [1.29, 1.82) is 0 Å². The predicted molar refractivity (Wildman–Crippen MR) is 212 cm³/mol. The molecule has 1 atom stereocenters. The molecular weight excluding hydrogens is 745 g/mol. The molecule has 0 aliphatic rings. The van der Waals surface area contributed by atoms with E-state index in [4.69, 9.17) is 9.47 Å². The molecule has 292 valence electrons. The van der Waals surface area contributed by atoms with Gasteiger partial charge in [0, 0.05) is 17.9 Å². The van der Waals surface area contributed by atoms with Gasteiger partial charge in [-0.3, -0.25) is 9.44 Å². The van der Waals surface area contributed by atoms with E-state index in [0.29, 0.717) is 49.0 Å². The van der Waals surface area contributed by atoms with Crippen molar-refractivity contribution in [2.24, 2.45) is 0 Å². The molecule has 0 saturated heterocycles. The van der Waals surface area contributed by atoms with Gasteiger partial charge < -0.3 is 35.4 Å². The monoisotopic (exact) mass is 790 g/mol. The average molecular weight is 791 g/mol. The van der Waals surface area contributed by atoms with Crippen LogP contribution in [0.4, 0.5) is 11.4 Å². The van der Waals surface area contributed by atoms with Crippen LogP contribution in [0.5, 0.6) is 23.0 Å². The number of anilines is 2. The number of aliphatic hydroxyl groups excluding tert-OH is 1. The highest BCUT2D eigenvalue weighted by atomic mass is 32.2. The predicted octanol–water partition coefficient (Wildman–Crippen LogP) is 4.87. The maximum atomic E-state index is 13.2. The number of nitrogens with one attached hydrogen (secondary N) is 4. The van der Waals surface area contributed by atoms with Crippen molar-refractivity contribution in [3.05, 3.63) is 132 Å². The Kier molecular flexibility index (Phi) is 14.7. The molecule has 5 aromatic carbocycles. The van der Waals surface area contributed by atoms with Crippen LogP contribution in [0.25, 0.3) is 0 Å². The first kappa shape index (κ1) is 40.9. The van der Waals surface area contributed by atoms with Crippen LogP contribution in [0.15, 0.2) is 131 Å². The number of hydrogen-bond acceptors (Lipinski definition) is 11. The number of aliphatic hydroxyl groups is 1. The van der Waals surface area contributed by atoms with Crippen LogP contribution in [0.3, 0.4) is 0 Å². The fraction of sp³-hybridized carbons (Fsp3) is 0.250. The third kappa shape index (κ3) is 13.5. The molecule has 0 amide bonds. The van der Waals surface area contributed by atoms with Crippen LogP contribution in [-0.4, -0.2) is 77.7 Å². The standard InChI is InChI=1S/C40H46N4O9S2/c45-34-13-17-37(18-14-34)52-26-2-23-41-24-21-30-5-9-32(10-6-30)43-54(48,49)39-3-1-4-40(27-39)55(50,51)44-33-11-7-31(8-12-33)22-25-42-28-36(47)29-53-38-19-15-35(46)16-20-38/h1,3-20,27,36,41-47H,2,21-26,28-29H2. The van der Waals surface area contributed by atoms with Crippen molar-refractivity contribution >= 4 is 31.4 Å². The van der Waals surface area contributed by atoms with Gasteiger partial charge in [0.25, 0.3) is 20.0 Å². The van der Waals surface area contributed by atoms with Gasteiger partial charge in [0.1, 0.15) is 35.7 Å². The number of hydrogen-bond donors (Lipinski definition) is 7. The quantitative estimate of drug-likeness (QED) is 0.0473.